The number of thiocarbonyl (C=S) groups is 1. The molecule has 1 aromatic heterocycles. The van der Waals surface area contributed by atoms with Crippen molar-refractivity contribution >= 4 is 34.9 Å². The van der Waals surface area contributed by atoms with E-state index in [1.807, 2.05) is 17.5 Å². The molecule has 0 aliphatic carbocycles. The van der Waals surface area contributed by atoms with Crippen LogP contribution in [-0.2, 0) is 0 Å². The van der Waals surface area contributed by atoms with Crippen molar-refractivity contribution in [2.75, 3.05) is 0 Å². The molecule has 0 saturated heterocycles. The molecule has 0 saturated carbocycles. The third-order valence-corrected chi connectivity index (χ3v) is 2.05. The lowest BCUT2D eigenvalue weighted by atomic mass is 10.5. The van der Waals surface area contributed by atoms with E-state index in [0.29, 0.717) is 5.11 Å². The van der Waals surface area contributed by atoms with Crippen LogP contribution in [-0.4, -0.2) is 11.3 Å². The Labute approximate surface area is 79.4 Å². The van der Waals surface area contributed by atoms with Gasteiger partial charge in [0.2, 0.25) is 5.11 Å². The van der Waals surface area contributed by atoms with E-state index in [0.717, 1.165) is 4.88 Å². The third kappa shape index (κ3) is 2.95. The molecule has 0 radical (unpaired) electrons. The highest BCUT2D eigenvalue weighted by molar-refractivity contribution is 7.80. The van der Waals surface area contributed by atoms with Gasteiger partial charge in [-0.3, -0.25) is 10.9 Å². The summed E-state index contributed by atoms with van der Waals surface area (Å²) in [5, 5.41) is 6.10. The largest absolute Gasteiger partial charge is 0.300 e. The molecule has 0 fully saturated rings. The van der Waals surface area contributed by atoms with Crippen molar-refractivity contribution in [3.05, 3.63) is 22.4 Å². The van der Waals surface area contributed by atoms with Gasteiger partial charge in [0.1, 0.15) is 0 Å². The third-order valence-electron chi connectivity index (χ3n) is 1.03. The fourth-order valence-electron chi connectivity index (χ4n) is 0.552. The minimum Gasteiger partial charge on any atom is -0.300 e. The maximum atomic E-state index is 5.01. The molecule has 1 aromatic rings. The smallest absolute Gasteiger partial charge is 0.201 e. The molecule has 0 aliphatic rings. The van der Waals surface area contributed by atoms with Crippen LogP contribution in [0.5, 0.6) is 0 Å². The zero-order valence-electron chi connectivity index (χ0n) is 6.15. The maximum Gasteiger partial charge on any atom is 0.201 e. The van der Waals surface area contributed by atoms with E-state index in [2.05, 4.69) is 16.0 Å². The van der Waals surface area contributed by atoms with Gasteiger partial charge in [-0.25, -0.2) is 5.84 Å². The lowest BCUT2D eigenvalue weighted by Gasteiger charge is -1.97. The van der Waals surface area contributed by atoms with Crippen LogP contribution in [0.25, 0.3) is 0 Å². The van der Waals surface area contributed by atoms with Gasteiger partial charge in [0.25, 0.3) is 0 Å². The fraction of sp³-hybridized carbons (Fsp3) is 0. The van der Waals surface area contributed by atoms with Crippen molar-refractivity contribution in [2.45, 2.75) is 0 Å². The van der Waals surface area contributed by atoms with Gasteiger partial charge in [-0.2, -0.15) is 5.10 Å². The Morgan fingerprint density at radius 3 is 3.17 bits per heavy atom. The first-order valence-corrected chi connectivity index (χ1v) is 4.45. The van der Waals surface area contributed by atoms with Crippen molar-refractivity contribution in [3.8, 4) is 0 Å². The normalized spacial score (nSPS) is 10.1. The number of nitrogens with two attached hydrogens (primary N) is 1. The highest BCUT2D eigenvalue weighted by Gasteiger charge is 1.87. The average Bonchev–Trinajstić information content (AvgIpc) is 2.57. The van der Waals surface area contributed by atoms with E-state index in [9.17, 15) is 0 Å². The lowest BCUT2D eigenvalue weighted by Crippen LogP contribution is -2.37. The zero-order valence-corrected chi connectivity index (χ0v) is 7.78. The summed E-state index contributed by atoms with van der Waals surface area (Å²) in [6, 6.07) is 3.90. The van der Waals surface area contributed by atoms with Crippen LogP contribution >= 0.6 is 23.6 Å². The van der Waals surface area contributed by atoms with Crippen LogP contribution in [0, 0.1) is 0 Å². The second-order valence-corrected chi connectivity index (χ2v) is 3.25. The first-order valence-electron chi connectivity index (χ1n) is 3.16. The topological polar surface area (TPSA) is 62.4 Å². The van der Waals surface area contributed by atoms with Crippen molar-refractivity contribution in [1.29, 1.82) is 0 Å². The second kappa shape index (κ2) is 4.81. The zero-order chi connectivity index (χ0) is 8.81. The Balaban J connectivity index is 2.37. The summed E-state index contributed by atoms with van der Waals surface area (Å²) in [6.45, 7) is 0. The van der Waals surface area contributed by atoms with Gasteiger partial charge in [0, 0.05) is 4.88 Å². The van der Waals surface area contributed by atoms with Crippen LogP contribution in [0.4, 0.5) is 0 Å². The summed E-state index contributed by atoms with van der Waals surface area (Å²) in [4.78, 5) is 1.06. The quantitative estimate of drug-likeness (QED) is 0.280. The van der Waals surface area contributed by atoms with Crippen LogP contribution in [0.2, 0.25) is 0 Å². The lowest BCUT2D eigenvalue weighted by molar-refractivity contribution is 0.931. The van der Waals surface area contributed by atoms with Crippen LogP contribution in [0.1, 0.15) is 4.88 Å². The minimum atomic E-state index is 0.294. The van der Waals surface area contributed by atoms with Gasteiger partial charge < -0.3 is 0 Å². The molecular weight excluding hydrogens is 192 g/mol. The molecule has 1 rings (SSSR count). The standard InChI is InChI=1S/C6H8N4S2/c7-9-6(11)10-8-4-5-2-1-3-12-5/h1-4H,7H2,(H2,9,10,11). The van der Waals surface area contributed by atoms with Gasteiger partial charge in [-0.05, 0) is 23.7 Å². The number of hydrazone groups is 1. The summed E-state index contributed by atoms with van der Waals surface area (Å²) in [5.41, 5.74) is 4.80. The monoisotopic (exact) mass is 200 g/mol. The molecule has 64 valence electrons. The van der Waals surface area contributed by atoms with Gasteiger partial charge in [0.05, 0.1) is 6.21 Å². The number of hydrazine groups is 1. The Morgan fingerprint density at radius 1 is 1.75 bits per heavy atom. The van der Waals surface area contributed by atoms with Crippen molar-refractivity contribution < 1.29 is 0 Å². The molecule has 0 atom stereocenters. The van der Waals surface area contributed by atoms with Crippen molar-refractivity contribution in [1.82, 2.24) is 10.9 Å². The molecule has 1 heterocycles. The molecule has 0 aromatic carbocycles. The maximum absolute atomic E-state index is 5.01. The SMILES string of the molecule is NNC(=S)NN=Cc1cccs1. The molecule has 0 bridgehead atoms. The number of nitrogens with one attached hydrogen (secondary N) is 2. The Bertz CT molecular complexity index is 267. The fourth-order valence-corrected chi connectivity index (χ4v) is 1.19. The van der Waals surface area contributed by atoms with E-state index in [1.54, 1.807) is 17.6 Å². The molecule has 12 heavy (non-hydrogen) atoms. The number of hydrogen-bond donors (Lipinski definition) is 3. The second-order valence-electron chi connectivity index (χ2n) is 1.86. The molecule has 0 spiro atoms. The molecular formula is C6H8N4S2. The summed E-state index contributed by atoms with van der Waals surface area (Å²) < 4.78 is 0. The number of thiophene rings is 1. The van der Waals surface area contributed by atoms with E-state index < -0.39 is 0 Å². The first kappa shape index (κ1) is 9.11. The van der Waals surface area contributed by atoms with Crippen LogP contribution < -0.4 is 16.7 Å². The predicted molar refractivity (Wildman–Crippen MR) is 55.0 cm³/mol. The Hall–Kier alpha value is -0.980. The molecule has 0 aliphatic heterocycles. The van der Waals surface area contributed by atoms with Gasteiger partial charge in [-0.15, -0.1) is 11.3 Å². The molecule has 6 heteroatoms. The summed E-state index contributed by atoms with van der Waals surface area (Å²) >= 11 is 6.29. The van der Waals surface area contributed by atoms with Crippen LogP contribution in [0.3, 0.4) is 0 Å². The molecule has 0 amide bonds. The van der Waals surface area contributed by atoms with E-state index in [-0.39, 0.29) is 0 Å². The van der Waals surface area contributed by atoms with Gasteiger partial charge in [0.15, 0.2) is 0 Å². The summed E-state index contributed by atoms with van der Waals surface area (Å²) in [6.07, 6.45) is 1.67. The van der Waals surface area contributed by atoms with E-state index in [4.69, 9.17) is 18.1 Å². The molecule has 4 N–H and O–H groups in total. The number of nitrogens with zero attached hydrogens (tertiary/aromatic N) is 1. The minimum absolute atomic E-state index is 0.294. The number of hydrogen-bond acceptors (Lipinski definition) is 4. The Morgan fingerprint density at radius 2 is 2.58 bits per heavy atom. The summed E-state index contributed by atoms with van der Waals surface area (Å²) in [7, 11) is 0. The highest BCUT2D eigenvalue weighted by Crippen LogP contribution is 2.03. The average molecular weight is 200 g/mol. The molecule has 4 nitrogen and oxygen atoms in total. The predicted octanol–water partition coefficient (Wildman–Crippen LogP) is 0.420. The summed E-state index contributed by atoms with van der Waals surface area (Å²) in [5.74, 6) is 5.01. The van der Waals surface area contributed by atoms with Gasteiger partial charge >= 0.3 is 0 Å². The van der Waals surface area contributed by atoms with E-state index in [1.165, 1.54) is 0 Å². The first-order chi connectivity index (χ1) is 5.83. The van der Waals surface area contributed by atoms with Crippen LogP contribution in [0.15, 0.2) is 22.6 Å². The number of rotatable bonds is 2. The van der Waals surface area contributed by atoms with Crippen molar-refractivity contribution in [3.63, 3.8) is 0 Å². The highest BCUT2D eigenvalue weighted by atomic mass is 32.1. The Kier molecular flexibility index (Phi) is 3.65. The van der Waals surface area contributed by atoms with E-state index >= 15 is 0 Å². The molecule has 0 unspecified atom stereocenters. The van der Waals surface area contributed by atoms with Crippen molar-refractivity contribution in [2.24, 2.45) is 10.9 Å². The van der Waals surface area contributed by atoms with Gasteiger partial charge in [-0.1, -0.05) is 6.07 Å².